The second kappa shape index (κ2) is 11.6. The number of hydrogen-bond acceptors (Lipinski definition) is 5. The minimum Gasteiger partial charge on any atom is -0.497 e. The first-order valence-electron chi connectivity index (χ1n) is 8.26. The highest BCUT2D eigenvalue weighted by atomic mass is 127. The highest BCUT2D eigenvalue weighted by Gasteiger charge is 2.06. The van der Waals surface area contributed by atoms with E-state index in [9.17, 15) is 0 Å². The second-order valence-corrected chi connectivity index (χ2v) is 5.48. The molecule has 0 spiro atoms. The first kappa shape index (κ1) is 22.1. The zero-order valence-electron chi connectivity index (χ0n) is 15.7. The zero-order chi connectivity index (χ0) is 18.1. The van der Waals surface area contributed by atoms with E-state index >= 15 is 0 Å². The number of nitrogens with one attached hydrogen (secondary N) is 2. The van der Waals surface area contributed by atoms with Crippen LogP contribution in [-0.2, 0) is 6.54 Å². The monoisotopic (exact) mass is 474 g/mol. The zero-order valence-corrected chi connectivity index (χ0v) is 18.0. The van der Waals surface area contributed by atoms with E-state index in [0.717, 1.165) is 35.9 Å². The van der Waals surface area contributed by atoms with Crippen molar-refractivity contribution >= 4 is 29.9 Å². The smallest absolute Gasteiger partial charge is 0.214 e. The van der Waals surface area contributed by atoms with Crippen LogP contribution in [0.4, 0.5) is 0 Å². The average Bonchev–Trinajstić information content (AvgIpc) is 2.95. The predicted molar refractivity (Wildman–Crippen MR) is 113 cm³/mol. The van der Waals surface area contributed by atoms with Crippen LogP contribution >= 0.6 is 24.0 Å². The van der Waals surface area contributed by atoms with Gasteiger partial charge >= 0.3 is 0 Å². The molecule has 8 heteroatoms. The number of halogens is 1. The maximum Gasteiger partial charge on any atom is 0.214 e. The van der Waals surface area contributed by atoms with Gasteiger partial charge < -0.3 is 24.5 Å². The topological polar surface area (TPSA) is 80.9 Å². The number of aryl methyl sites for hydroxylation is 2. The fourth-order valence-corrected chi connectivity index (χ4v) is 2.14. The number of guanidine groups is 1. The Labute approximate surface area is 171 Å². The van der Waals surface area contributed by atoms with Crippen molar-refractivity contribution in [3.63, 3.8) is 0 Å². The molecule has 144 valence electrons. The number of methoxy groups -OCH3 is 1. The molecule has 0 saturated carbocycles. The van der Waals surface area contributed by atoms with E-state index < -0.39 is 0 Å². The van der Waals surface area contributed by atoms with Crippen LogP contribution in [-0.4, -0.2) is 38.3 Å². The second-order valence-electron chi connectivity index (χ2n) is 5.48. The standard InChI is InChI=1S/C18H26N4O3.HI/c1-13-14(2)25-17(22-13)12-21-18(19-3)20-10-5-11-24-16-8-6-15(23-4)7-9-16;/h6-9H,5,10-12H2,1-4H3,(H2,19,20,21);1H. The van der Waals surface area contributed by atoms with Crippen LogP contribution in [0.5, 0.6) is 11.5 Å². The third kappa shape index (κ3) is 7.11. The molecule has 2 aromatic rings. The van der Waals surface area contributed by atoms with Crippen molar-refractivity contribution in [2.24, 2.45) is 4.99 Å². The van der Waals surface area contributed by atoms with E-state index in [0.29, 0.717) is 25.0 Å². The van der Waals surface area contributed by atoms with E-state index in [1.54, 1.807) is 14.2 Å². The summed E-state index contributed by atoms with van der Waals surface area (Å²) in [4.78, 5) is 8.51. The van der Waals surface area contributed by atoms with Crippen molar-refractivity contribution in [3.8, 4) is 11.5 Å². The molecule has 0 unspecified atom stereocenters. The molecule has 0 aliphatic rings. The van der Waals surface area contributed by atoms with Gasteiger partial charge in [-0.3, -0.25) is 4.99 Å². The summed E-state index contributed by atoms with van der Waals surface area (Å²) in [7, 11) is 3.38. The number of nitrogens with zero attached hydrogens (tertiary/aromatic N) is 2. The molecule has 26 heavy (non-hydrogen) atoms. The Hall–Kier alpha value is -1.97. The number of ether oxygens (including phenoxy) is 2. The van der Waals surface area contributed by atoms with Gasteiger partial charge in [-0.2, -0.15) is 0 Å². The summed E-state index contributed by atoms with van der Waals surface area (Å²) in [5.41, 5.74) is 0.912. The molecule has 1 aromatic heterocycles. The predicted octanol–water partition coefficient (Wildman–Crippen LogP) is 3.05. The Morgan fingerprint density at radius 3 is 2.42 bits per heavy atom. The molecule has 2 N–H and O–H groups in total. The number of oxazole rings is 1. The Balaban J connectivity index is 0.00000338. The number of benzene rings is 1. The molecule has 7 nitrogen and oxygen atoms in total. The first-order valence-corrected chi connectivity index (χ1v) is 8.26. The van der Waals surface area contributed by atoms with E-state index in [2.05, 4.69) is 20.6 Å². The van der Waals surface area contributed by atoms with Crippen LogP contribution in [0.1, 0.15) is 23.8 Å². The maximum atomic E-state index is 5.69. The first-order chi connectivity index (χ1) is 12.1. The van der Waals surface area contributed by atoms with E-state index in [1.165, 1.54) is 0 Å². The molecule has 1 heterocycles. The van der Waals surface area contributed by atoms with Crippen LogP contribution in [0.15, 0.2) is 33.7 Å². The van der Waals surface area contributed by atoms with Crippen LogP contribution < -0.4 is 20.1 Å². The molecule has 0 atom stereocenters. The third-order valence-corrected chi connectivity index (χ3v) is 3.65. The van der Waals surface area contributed by atoms with E-state index in [1.807, 2.05) is 38.1 Å². The Bertz CT molecular complexity index is 667. The largest absolute Gasteiger partial charge is 0.497 e. The van der Waals surface area contributed by atoms with Crippen molar-refractivity contribution in [3.05, 3.63) is 41.6 Å². The fourth-order valence-electron chi connectivity index (χ4n) is 2.14. The SMILES string of the molecule is CN=C(NCCCOc1ccc(OC)cc1)NCc1nc(C)c(C)o1.I. The highest BCUT2D eigenvalue weighted by Crippen LogP contribution is 2.16. The minimum atomic E-state index is 0. The van der Waals surface area contributed by atoms with Gasteiger partial charge in [-0.25, -0.2) is 4.98 Å². The number of rotatable bonds is 8. The van der Waals surface area contributed by atoms with Gasteiger partial charge in [0, 0.05) is 13.6 Å². The molecule has 0 aliphatic carbocycles. The van der Waals surface area contributed by atoms with Crippen molar-refractivity contribution in [1.29, 1.82) is 0 Å². The van der Waals surface area contributed by atoms with Gasteiger partial charge in [0.1, 0.15) is 17.3 Å². The molecule has 0 aliphatic heterocycles. The third-order valence-electron chi connectivity index (χ3n) is 3.65. The lowest BCUT2D eigenvalue weighted by Gasteiger charge is -2.11. The van der Waals surface area contributed by atoms with Gasteiger partial charge in [0.25, 0.3) is 0 Å². The van der Waals surface area contributed by atoms with Crippen molar-refractivity contribution in [2.75, 3.05) is 27.3 Å². The lowest BCUT2D eigenvalue weighted by atomic mass is 10.3. The van der Waals surface area contributed by atoms with Crippen LogP contribution in [0.2, 0.25) is 0 Å². The molecule has 1 aromatic carbocycles. The van der Waals surface area contributed by atoms with E-state index in [-0.39, 0.29) is 24.0 Å². The fraction of sp³-hybridized carbons (Fsp3) is 0.444. The summed E-state index contributed by atoms with van der Waals surface area (Å²) in [6.07, 6.45) is 0.851. The lowest BCUT2D eigenvalue weighted by Crippen LogP contribution is -2.37. The quantitative estimate of drug-likeness (QED) is 0.265. The normalized spacial score (nSPS) is 10.8. The molecule has 0 saturated heterocycles. The summed E-state index contributed by atoms with van der Waals surface area (Å²) in [6.45, 7) is 5.70. The molecule has 0 amide bonds. The van der Waals surface area contributed by atoms with Gasteiger partial charge in [-0.1, -0.05) is 0 Å². The molecule has 0 radical (unpaired) electrons. The maximum absolute atomic E-state index is 5.69. The summed E-state index contributed by atoms with van der Waals surface area (Å²) in [5, 5.41) is 6.41. The number of hydrogen-bond donors (Lipinski definition) is 2. The van der Waals surface area contributed by atoms with Crippen molar-refractivity contribution in [2.45, 2.75) is 26.8 Å². The molecular formula is C18H27IN4O3. The number of aromatic nitrogens is 1. The Morgan fingerprint density at radius 1 is 1.15 bits per heavy atom. The molecule has 0 bridgehead atoms. The van der Waals surface area contributed by atoms with Gasteiger partial charge in [0.05, 0.1) is 26.0 Å². The highest BCUT2D eigenvalue weighted by molar-refractivity contribution is 14.0. The van der Waals surface area contributed by atoms with E-state index in [4.69, 9.17) is 13.9 Å². The Morgan fingerprint density at radius 2 is 1.85 bits per heavy atom. The van der Waals surface area contributed by atoms with Gasteiger partial charge in [0.2, 0.25) is 5.89 Å². The summed E-state index contributed by atoms with van der Waals surface area (Å²) < 4.78 is 16.3. The van der Waals surface area contributed by atoms with Gasteiger partial charge in [-0.15, -0.1) is 24.0 Å². The number of aliphatic imine (C=N–C) groups is 1. The van der Waals surface area contributed by atoms with Gasteiger partial charge in [-0.05, 0) is 44.5 Å². The van der Waals surface area contributed by atoms with Crippen molar-refractivity contribution in [1.82, 2.24) is 15.6 Å². The lowest BCUT2D eigenvalue weighted by molar-refractivity contribution is 0.310. The minimum absolute atomic E-state index is 0. The van der Waals surface area contributed by atoms with Crippen LogP contribution in [0, 0.1) is 13.8 Å². The average molecular weight is 474 g/mol. The van der Waals surface area contributed by atoms with Crippen molar-refractivity contribution < 1.29 is 13.9 Å². The molecule has 0 fully saturated rings. The summed E-state index contributed by atoms with van der Waals surface area (Å²) >= 11 is 0. The summed E-state index contributed by atoms with van der Waals surface area (Å²) in [6, 6.07) is 7.55. The Kier molecular flexibility index (Phi) is 9.85. The van der Waals surface area contributed by atoms with Crippen LogP contribution in [0.3, 0.4) is 0 Å². The summed E-state index contributed by atoms with van der Waals surface area (Å²) in [5.74, 6) is 3.85. The van der Waals surface area contributed by atoms with Gasteiger partial charge in [0.15, 0.2) is 5.96 Å². The molecular weight excluding hydrogens is 447 g/mol. The molecule has 2 rings (SSSR count). The van der Waals surface area contributed by atoms with Crippen LogP contribution in [0.25, 0.3) is 0 Å².